The molecule has 28 heavy (non-hydrogen) atoms. The van der Waals surface area contributed by atoms with Gasteiger partial charge in [0.05, 0.1) is 7.11 Å². The summed E-state index contributed by atoms with van der Waals surface area (Å²) in [6, 6.07) is 25.5. The molecule has 144 valence electrons. The van der Waals surface area contributed by atoms with Gasteiger partial charge < -0.3 is 14.8 Å². The Hall–Kier alpha value is -3.27. The maximum atomic E-state index is 12.1. The van der Waals surface area contributed by atoms with Gasteiger partial charge in [0, 0.05) is 17.2 Å². The fourth-order valence-corrected chi connectivity index (χ4v) is 3.04. The molecule has 0 aromatic heterocycles. The highest BCUT2D eigenvalue weighted by Gasteiger charge is 2.22. The standard InChI is InChI=1S/C24H25NO3/c1-24(2,18-8-5-4-6-9-18)19-12-14-21(15-13-19)28-17-23(26)25-20-10-7-11-22(16-20)27-3/h4-16H,17H2,1-3H3,(H,25,26). The lowest BCUT2D eigenvalue weighted by molar-refractivity contribution is -0.118. The summed E-state index contributed by atoms with van der Waals surface area (Å²) < 4.78 is 10.8. The Kier molecular flexibility index (Phi) is 5.99. The van der Waals surface area contributed by atoms with E-state index in [9.17, 15) is 4.79 Å². The lowest BCUT2D eigenvalue weighted by Gasteiger charge is -2.26. The molecular weight excluding hydrogens is 350 g/mol. The topological polar surface area (TPSA) is 47.6 Å². The quantitative estimate of drug-likeness (QED) is 0.629. The molecule has 4 heteroatoms. The van der Waals surface area contributed by atoms with Crippen LogP contribution in [0.4, 0.5) is 5.69 Å². The largest absolute Gasteiger partial charge is 0.497 e. The zero-order valence-corrected chi connectivity index (χ0v) is 16.4. The van der Waals surface area contributed by atoms with E-state index >= 15 is 0 Å². The van der Waals surface area contributed by atoms with Crippen LogP contribution in [0.1, 0.15) is 25.0 Å². The van der Waals surface area contributed by atoms with Crippen molar-refractivity contribution in [3.8, 4) is 11.5 Å². The third-order valence-electron chi connectivity index (χ3n) is 4.79. The number of anilines is 1. The van der Waals surface area contributed by atoms with Crippen molar-refractivity contribution in [3.05, 3.63) is 90.0 Å². The normalized spacial score (nSPS) is 11.0. The zero-order valence-electron chi connectivity index (χ0n) is 16.4. The van der Waals surface area contributed by atoms with Gasteiger partial charge >= 0.3 is 0 Å². The summed E-state index contributed by atoms with van der Waals surface area (Å²) in [5.41, 5.74) is 3.00. The van der Waals surface area contributed by atoms with Gasteiger partial charge in [-0.25, -0.2) is 0 Å². The lowest BCUT2D eigenvalue weighted by Crippen LogP contribution is -2.20. The number of ether oxygens (including phenoxy) is 2. The van der Waals surface area contributed by atoms with Crippen molar-refractivity contribution >= 4 is 11.6 Å². The smallest absolute Gasteiger partial charge is 0.262 e. The third kappa shape index (κ3) is 4.71. The Morgan fingerprint density at radius 3 is 2.21 bits per heavy atom. The van der Waals surface area contributed by atoms with Gasteiger partial charge in [0.1, 0.15) is 11.5 Å². The molecule has 0 atom stereocenters. The monoisotopic (exact) mass is 375 g/mol. The zero-order chi connectivity index (χ0) is 20.0. The van der Waals surface area contributed by atoms with Crippen molar-refractivity contribution in [2.75, 3.05) is 19.0 Å². The van der Waals surface area contributed by atoms with Crippen LogP contribution in [0.15, 0.2) is 78.9 Å². The van der Waals surface area contributed by atoms with E-state index in [4.69, 9.17) is 9.47 Å². The molecule has 1 amide bonds. The van der Waals surface area contributed by atoms with Crippen LogP contribution in [0.25, 0.3) is 0 Å². The molecule has 0 unspecified atom stereocenters. The van der Waals surface area contributed by atoms with E-state index < -0.39 is 0 Å². The molecule has 0 saturated heterocycles. The Balaban J connectivity index is 1.59. The van der Waals surface area contributed by atoms with E-state index in [0.29, 0.717) is 17.2 Å². The minimum atomic E-state index is -0.220. The van der Waals surface area contributed by atoms with Crippen LogP contribution in [0.3, 0.4) is 0 Å². The van der Waals surface area contributed by atoms with Gasteiger partial charge in [-0.15, -0.1) is 0 Å². The Bertz CT molecular complexity index is 918. The molecule has 0 aliphatic carbocycles. The van der Waals surface area contributed by atoms with Crippen molar-refractivity contribution in [2.45, 2.75) is 19.3 Å². The molecule has 4 nitrogen and oxygen atoms in total. The molecule has 3 aromatic carbocycles. The maximum Gasteiger partial charge on any atom is 0.262 e. The number of amides is 1. The molecule has 0 heterocycles. The van der Waals surface area contributed by atoms with Crippen LogP contribution in [-0.4, -0.2) is 19.6 Å². The van der Waals surface area contributed by atoms with Crippen LogP contribution in [0, 0.1) is 0 Å². The van der Waals surface area contributed by atoms with Crippen LogP contribution in [0.2, 0.25) is 0 Å². The van der Waals surface area contributed by atoms with Crippen molar-refractivity contribution < 1.29 is 14.3 Å². The first-order chi connectivity index (χ1) is 13.5. The summed E-state index contributed by atoms with van der Waals surface area (Å²) >= 11 is 0. The van der Waals surface area contributed by atoms with Crippen molar-refractivity contribution in [2.24, 2.45) is 0 Å². The molecule has 0 spiro atoms. The van der Waals surface area contributed by atoms with Crippen LogP contribution in [-0.2, 0) is 10.2 Å². The van der Waals surface area contributed by atoms with Gasteiger partial charge in [-0.1, -0.05) is 62.4 Å². The molecule has 0 bridgehead atoms. The average Bonchev–Trinajstić information content (AvgIpc) is 2.73. The molecule has 0 aliphatic rings. The SMILES string of the molecule is COc1cccc(NC(=O)COc2ccc(C(C)(C)c3ccccc3)cc2)c1. The highest BCUT2D eigenvalue weighted by molar-refractivity contribution is 5.92. The highest BCUT2D eigenvalue weighted by Crippen LogP contribution is 2.32. The van der Waals surface area contributed by atoms with Gasteiger partial charge in [0.2, 0.25) is 0 Å². The molecule has 0 aliphatic heterocycles. The summed E-state index contributed by atoms with van der Waals surface area (Å²) in [5.74, 6) is 1.13. The van der Waals surface area contributed by atoms with Crippen LogP contribution >= 0.6 is 0 Å². The van der Waals surface area contributed by atoms with Gasteiger partial charge in [-0.2, -0.15) is 0 Å². The number of benzene rings is 3. The number of hydrogen-bond acceptors (Lipinski definition) is 3. The van der Waals surface area contributed by atoms with Crippen molar-refractivity contribution in [3.63, 3.8) is 0 Å². The second-order valence-electron chi connectivity index (χ2n) is 7.08. The van der Waals surface area contributed by atoms with Gasteiger partial charge in [0.15, 0.2) is 6.61 Å². The molecule has 0 saturated carbocycles. The van der Waals surface area contributed by atoms with E-state index in [1.807, 2.05) is 42.5 Å². The molecule has 0 fully saturated rings. The highest BCUT2D eigenvalue weighted by atomic mass is 16.5. The Morgan fingerprint density at radius 2 is 1.54 bits per heavy atom. The Morgan fingerprint density at radius 1 is 0.857 bits per heavy atom. The number of hydrogen-bond donors (Lipinski definition) is 1. The van der Waals surface area contributed by atoms with E-state index in [-0.39, 0.29) is 17.9 Å². The fourth-order valence-electron chi connectivity index (χ4n) is 3.04. The Labute approximate surface area is 166 Å². The van der Waals surface area contributed by atoms with Crippen LogP contribution in [0.5, 0.6) is 11.5 Å². The summed E-state index contributed by atoms with van der Waals surface area (Å²) in [7, 11) is 1.59. The first-order valence-corrected chi connectivity index (χ1v) is 9.22. The number of methoxy groups -OCH3 is 1. The second kappa shape index (κ2) is 8.61. The average molecular weight is 375 g/mol. The predicted molar refractivity (Wildman–Crippen MR) is 112 cm³/mol. The van der Waals surface area contributed by atoms with E-state index in [2.05, 4.69) is 43.4 Å². The maximum absolute atomic E-state index is 12.1. The molecular formula is C24H25NO3. The van der Waals surface area contributed by atoms with E-state index in [1.165, 1.54) is 11.1 Å². The van der Waals surface area contributed by atoms with Gasteiger partial charge in [-0.05, 0) is 35.4 Å². The number of nitrogens with one attached hydrogen (secondary N) is 1. The lowest BCUT2D eigenvalue weighted by atomic mass is 9.78. The van der Waals surface area contributed by atoms with Gasteiger partial charge in [0.25, 0.3) is 5.91 Å². The summed E-state index contributed by atoms with van der Waals surface area (Å²) in [5, 5.41) is 2.80. The summed E-state index contributed by atoms with van der Waals surface area (Å²) in [6.07, 6.45) is 0. The molecule has 3 rings (SSSR count). The van der Waals surface area contributed by atoms with Gasteiger partial charge in [-0.3, -0.25) is 4.79 Å². The van der Waals surface area contributed by atoms with E-state index in [0.717, 1.165) is 0 Å². The molecule has 3 aromatic rings. The van der Waals surface area contributed by atoms with E-state index in [1.54, 1.807) is 19.2 Å². The summed E-state index contributed by atoms with van der Waals surface area (Å²) in [6.45, 7) is 4.33. The third-order valence-corrected chi connectivity index (χ3v) is 4.79. The number of carbonyl (C=O) groups excluding carboxylic acids is 1. The first-order valence-electron chi connectivity index (χ1n) is 9.22. The molecule has 0 radical (unpaired) electrons. The number of carbonyl (C=O) groups is 1. The predicted octanol–water partition coefficient (Wildman–Crippen LogP) is 5.04. The van der Waals surface area contributed by atoms with Crippen LogP contribution < -0.4 is 14.8 Å². The summed E-state index contributed by atoms with van der Waals surface area (Å²) in [4.78, 5) is 12.1. The molecule has 1 N–H and O–H groups in total. The van der Waals surface area contributed by atoms with Crippen molar-refractivity contribution in [1.82, 2.24) is 0 Å². The fraction of sp³-hybridized carbons (Fsp3) is 0.208. The first kappa shape index (κ1) is 19.5. The van der Waals surface area contributed by atoms with Crippen molar-refractivity contribution in [1.29, 1.82) is 0 Å². The minimum absolute atomic E-state index is 0.0569. The minimum Gasteiger partial charge on any atom is -0.497 e. The second-order valence-corrected chi connectivity index (χ2v) is 7.08. The number of rotatable bonds is 7.